The molecule has 1 amide bonds. The highest BCUT2D eigenvalue weighted by molar-refractivity contribution is 7.93. The molecule has 3 fully saturated rings. The van der Waals surface area contributed by atoms with Crippen molar-refractivity contribution in [3.05, 3.63) is 35.4 Å². The Morgan fingerprint density at radius 1 is 1.14 bits per heavy atom. The zero-order valence-electron chi connectivity index (χ0n) is 24.7. The minimum Gasteiger partial charge on any atom is -0.395 e. The summed E-state index contributed by atoms with van der Waals surface area (Å²) in [5.74, 6) is 1.09. The molecule has 42 heavy (non-hydrogen) atoms. The Bertz CT molecular complexity index is 1450. The number of aliphatic hydroxyl groups excluding tert-OH is 1. The monoisotopic (exact) mass is 598 g/mol. The van der Waals surface area contributed by atoms with Gasteiger partial charge in [0, 0.05) is 39.8 Å². The van der Waals surface area contributed by atoms with Gasteiger partial charge >= 0.3 is 0 Å². The first-order valence-electron chi connectivity index (χ1n) is 15.0. The van der Waals surface area contributed by atoms with Crippen molar-refractivity contribution >= 4 is 44.6 Å². The fourth-order valence-corrected chi connectivity index (χ4v) is 7.23. The fraction of sp³-hybridized carbons (Fsp3) is 0.600. The van der Waals surface area contributed by atoms with Gasteiger partial charge in [0.25, 0.3) is 5.91 Å². The van der Waals surface area contributed by atoms with E-state index in [1.54, 1.807) is 18.2 Å². The van der Waals surface area contributed by atoms with E-state index in [1.165, 1.54) is 19.8 Å². The van der Waals surface area contributed by atoms with Gasteiger partial charge in [0.2, 0.25) is 10.0 Å². The van der Waals surface area contributed by atoms with Gasteiger partial charge in [0.1, 0.15) is 11.1 Å². The van der Waals surface area contributed by atoms with Gasteiger partial charge in [-0.15, -0.1) is 0 Å². The van der Waals surface area contributed by atoms with Crippen molar-refractivity contribution in [2.45, 2.75) is 57.3 Å². The molecule has 4 aliphatic rings. The Morgan fingerprint density at radius 3 is 2.60 bits per heavy atom. The number of benzene rings is 1. The molecule has 12 heteroatoms. The zero-order chi connectivity index (χ0) is 29.6. The highest BCUT2D eigenvalue weighted by Crippen LogP contribution is 2.54. The van der Waals surface area contributed by atoms with Gasteiger partial charge in [0.05, 0.1) is 41.9 Å². The maximum atomic E-state index is 13.9. The molecule has 1 aromatic heterocycles. The molecule has 2 saturated heterocycles. The Balaban J connectivity index is 1.30. The van der Waals surface area contributed by atoms with E-state index in [4.69, 9.17) is 9.72 Å². The van der Waals surface area contributed by atoms with E-state index in [1.807, 2.05) is 6.07 Å². The highest BCUT2D eigenvalue weighted by Gasteiger charge is 2.44. The highest BCUT2D eigenvalue weighted by atomic mass is 32.2. The number of hydrogen-bond donors (Lipinski definition) is 3. The molecule has 1 aliphatic carbocycles. The van der Waals surface area contributed by atoms with Crippen LogP contribution in [0.5, 0.6) is 0 Å². The third-order valence-electron chi connectivity index (χ3n) is 9.34. The summed E-state index contributed by atoms with van der Waals surface area (Å²) in [6.07, 6.45) is 5.62. The second-order valence-corrected chi connectivity index (χ2v) is 14.6. The molecule has 3 aliphatic heterocycles. The number of piperidine rings is 1. The molecule has 0 radical (unpaired) electrons. The van der Waals surface area contributed by atoms with E-state index in [0.29, 0.717) is 34.8 Å². The number of fused-ring (bicyclic) bond motifs is 1. The molecule has 1 aromatic carbocycles. The summed E-state index contributed by atoms with van der Waals surface area (Å²) in [5.41, 5.74) is 4.26. The van der Waals surface area contributed by atoms with Gasteiger partial charge in [0.15, 0.2) is 5.82 Å². The van der Waals surface area contributed by atoms with Crippen LogP contribution >= 0.6 is 0 Å². The number of nitrogens with one attached hydrogen (secondary N) is 2. The molecular formula is C30H42N6O5S. The van der Waals surface area contributed by atoms with Crippen LogP contribution in [-0.2, 0) is 21.2 Å². The number of aromatic nitrogens is 1. The van der Waals surface area contributed by atoms with Gasteiger partial charge in [-0.05, 0) is 81.2 Å². The van der Waals surface area contributed by atoms with Crippen LogP contribution in [0, 0.1) is 5.41 Å². The summed E-state index contributed by atoms with van der Waals surface area (Å²) in [4.78, 5) is 25.5. The predicted octanol–water partition coefficient (Wildman–Crippen LogP) is 3.05. The lowest BCUT2D eigenvalue weighted by Gasteiger charge is -2.35. The number of carbonyl (C=O) groups is 1. The summed E-state index contributed by atoms with van der Waals surface area (Å²) >= 11 is 0. The van der Waals surface area contributed by atoms with E-state index in [2.05, 4.69) is 38.7 Å². The van der Waals surface area contributed by atoms with Crippen LogP contribution < -0.4 is 24.7 Å². The third-order valence-corrected chi connectivity index (χ3v) is 11.1. The number of ether oxygens (including phenoxy) is 1. The number of nitrogens with zero attached hydrogens (tertiary/aromatic N) is 4. The van der Waals surface area contributed by atoms with E-state index in [-0.39, 0.29) is 12.0 Å². The first-order valence-corrected chi connectivity index (χ1v) is 16.6. The van der Waals surface area contributed by atoms with E-state index < -0.39 is 21.9 Å². The Kier molecular flexibility index (Phi) is 7.73. The van der Waals surface area contributed by atoms with E-state index >= 15 is 0 Å². The average molecular weight is 599 g/mol. The Morgan fingerprint density at radius 2 is 1.90 bits per heavy atom. The zero-order valence-corrected chi connectivity index (χ0v) is 25.5. The molecule has 2 atom stereocenters. The van der Waals surface area contributed by atoms with Crippen LogP contribution in [0.1, 0.15) is 55.5 Å². The third kappa shape index (κ3) is 5.76. The molecule has 228 valence electrons. The summed E-state index contributed by atoms with van der Waals surface area (Å²) in [7, 11) is -1.70. The second kappa shape index (κ2) is 11.2. The topological polar surface area (TPSA) is 127 Å². The standard InChI is InChI=1S/C30H42N6O5S/c1-20-18-36(14-15-41-20)28-27-22(6-11-34(27)3)16-26(31-28)32-29(38)24-5-4-23(33-42(39,40)21(2)19-37)17-25(24)35-12-9-30(7-8-30)10-13-35/h4-5,16-17,20-21,33,37H,6-15,18-19H2,1-3H3,(H,31,32,38)/t20-,21+/m1/s1. The smallest absolute Gasteiger partial charge is 0.258 e. The van der Waals surface area contributed by atoms with Crippen molar-refractivity contribution in [1.82, 2.24) is 4.98 Å². The van der Waals surface area contributed by atoms with Gasteiger partial charge < -0.3 is 29.9 Å². The molecule has 11 nitrogen and oxygen atoms in total. The van der Waals surface area contributed by atoms with Crippen LogP contribution in [-0.4, -0.2) is 88.8 Å². The molecule has 6 rings (SSSR count). The molecule has 0 unspecified atom stereocenters. The van der Waals surface area contributed by atoms with Crippen molar-refractivity contribution in [2.75, 3.05) is 77.7 Å². The van der Waals surface area contributed by atoms with Gasteiger partial charge in [-0.25, -0.2) is 13.4 Å². The van der Waals surface area contributed by atoms with Crippen molar-refractivity contribution < 1.29 is 23.1 Å². The lowest BCUT2D eigenvalue weighted by Crippen LogP contribution is -2.42. The lowest BCUT2D eigenvalue weighted by molar-refractivity contribution is 0.0530. The number of aliphatic hydroxyl groups is 1. The minimum atomic E-state index is -3.78. The van der Waals surface area contributed by atoms with Crippen molar-refractivity contribution in [3.8, 4) is 0 Å². The molecular weight excluding hydrogens is 556 g/mol. The fourth-order valence-electron chi connectivity index (χ4n) is 6.37. The van der Waals surface area contributed by atoms with Crippen LogP contribution in [0.25, 0.3) is 0 Å². The first-order chi connectivity index (χ1) is 20.1. The van der Waals surface area contributed by atoms with Gasteiger partial charge in [-0.3, -0.25) is 9.52 Å². The SMILES string of the molecule is C[C@@H]1CN(c2nc(NC(=O)c3ccc(NS(=O)(=O)[C@@H](C)CO)cc3N3CCC4(CC3)CC4)cc3c2N(C)CC3)CCO1. The number of rotatable bonds is 8. The molecule has 2 aromatic rings. The number of carbonyl (C=O) groups excluding carboxylic acids is 1. The van der Waals surface area contributed by atoms with E-state index in [9.17, 15) is 18.3 Å². The average Bonchev–Trinajstić information content (AvgIpc) is 3.62. The van der Waals surface area contributed by atoms with Crippen molar-refractivity contribution in [1.29, 1.82) is 0 Å². The van der Waals surface area contributed by atoms with Crippen LogP contribution in [0.4, 0.5) is 28.7 Å². The molecule has 3 N–H and O–H groups in total. The summed E-state index contributed by atoms with van der Waals surface area (Å²) in [6, 6.07) is 7.00. The number of sulfonamides is 1. The summed E-state index contributed by atoms with van der Waals surface area (Å²) in [5, 5.41) is 11.5. The normalized spacial score (nSPS) is 22.2. The van der Waals surface area contributed by atoms with Crippen LogP contribution in [0.3, 0.4) is 0 Å². The maximum Gasteiger partial charge on any atom is 0.258 e. The largest absolute Gasteiger partial charge is 0.395 e. The summed E-state index contributed by atoms with van der Waals surface area (Å²) in [6.45, 7) is 7.66. The lowest BCUT2D eigenvalue weighted by atomic mass is 9.93. The Hall–Kier alpha value is -3.09. The summed E-state index contributed by atoms with van der Waals surface area (Å²) < 4.78 is 33.7. The number of hydrogen-bond acceptors (Lipinski definition) is 9. The number of amides is 1. The van der Waals surface area contributed by atoms with Gasteiger partial charge in [-0.2, -0.15) is 0 Å². The maximum absolute atomic E-state index is 13.9. The number of pyridine rings is 1. The van der Waals surface area contributed by atoms with Gasteiger partial charge in [-0.1, -0.05) is 0 Å². The molecule has 0 bridgehead atoms. The van der Waals surface area contributed by atoms with Crippen LogP contribution in [0.2, 0.25) is 0 Å². The van der Waals surface area contributed by atoms with E-state index in [0.717, 1.165) is 69.1 Å². The van der Waals surface area contributed by atoms with Crippen LogP contribution in [0.15, 0.2) is 24.3 Å². The Labute approximate surface area is 248 Å². The second-order valence-electron chi connectivity index (χ2n) is 12.5. The minimum absolute atomic E-state index is 0.0966. The number of likely N-dealkylation sites (N-methyl/N-ethyl adjacent to an activating group) is 1. The van der Waals surface area contributed by atoms with Crippen molar-refractivity contribution in [2.24, 2.45) is 5.41 Å². The molecule has 4 heterocycles. The molecule has 1 spiro atoms. The molecule has 1 saturated carbocycles. The number of anilines is 5. The predicted molar refractivity (Wildman–Crippen MR) is 165 cm³/mol. The first kappa shape index (κ1) is 29.0. The quantitative estimate of drug-likeness (QED) is 0.420. The van der Waals surface area contributed by atoms with Crippen molar-refractivity contribution in [3.63, 3.8) is 0 Å². The number of morpholine rings is 1.